The number of allylic oxidation sites excluding steroid dienone is 2. The molecule has 0 radical (unpaired) electrons. The molecule has 2 aliphatic heterocycles. The van der Waals surface area contributed by atoms with Crippen molar-refractivity contribution in [2.45, 2.75) is 48.4 Å². The summed E-state index contributed by atoms with van der Waals surface area (Å²) >= 11 is 0. The van der Waals surface area contributed by atoms with Gasteiger partial charge in [0.1, 0.15) is 5.03 Å². The Morgan fingerprint density at radius 1 is 1.35 bits per heavy atom. The number of piperidine rings is 1. The number of aromatic amines is 1. The second-order valence-corrected chi connectivity index (χ2v) is 10.2. The van der Waals surface area contributed by atoms with Gasteiger partial charge in [0.15, 0.2) is 0 Å². The largest absolute Gasteiger partial charge is 0.388 e. The summed E-state index contributed by atoms with van der Waals surface area (Å²) in [6, 6.07) is 5.53. The van der Waals surface area contributed by atoms with Crippen molar-refractivity contribution in [1.82, 2.24) is 25.4 Å². The second kappa shape index (κ2) is 9.04. The maximum atomic E-state index is 12.9. The van der Waals surface area contributed by atoms with Crippen LogP contribution in [0.5, 0.6) is 0 Å². The van der Waals surface area contributed by atoms with Gasteiger partial charge in [-0.25, -0.2) is 4.98 Å². The van der Waals surface area contributed by atoms with Crippen molar-refractivity contribution in [1.29, 1.82) is 0 Å². The van der Waals surface area contributed by atoms with Gasteiger partial charge in [0.2, 0.25) is 5.85 Å². The smallest absolute Gasteiger partial charge is 0.218 e. The lowest BCUT2D eigenvalue weighted by Crippen LogP contribution is -2.62. The number of aromatic nitrogens is 3. The van der Waals surface area contributed by atoms with E-state index >= 15 is 0 Å². The predicted molar refractivity (Wildman–Crippen MR) is 119 cm³/mol. The standard InChI is InChI=1S/C22H29N5O3S/c1-21(2,28)16-30-22(9-6-17(13-24-22)18-14-25-26-15-18)27-11-7-19(8-12-27)31(29)20-5-3-4-10-23-20/h3-6,9-10,13-15,19,24,28H,7-8,11-12,16H2,1-2H3,(H,25,26). The first-order chi connectivity index (χ1) is 14.9. The number of likely N-dealkylation sites (tertiary alicyclic amines) is 1. The molecule has 4 rings (SSSR count). The SMILES string of the molecule is CC(C)(O)COC1(N2CCC(S(=O)c3ccccn3)CC2)C=CC(c2cn[nH]c2)=CN1. The number of hydrogen-bond acceptors (Lipinski definition) is 7. The monoisotopic (exact) mass is 443 g/mol. The van der Waals surface area contributed by atoms with Gasteiger partial charge in [0.05, 0.1) is 29.2 Å². The maximum absolute atomic E-state index is 12.9. The van der Waals surface area contributed by atoms with Crippen LogP contribution in [0, 0.1) is 0 Å². The minimum atomic E-state index is -1.13. The quantitative estimate of drug-likeness (QED) is 0.601. The Morgan fingerprint density at radius 2 is 2.16 bits per heavy atom. The van der Waals surface area contributed by atoms with E-state index in [9.17, 15) is 9.32 Å². The van der Waals surface area contributed by atoms with Gasteiger partial charge < -0.3 is 15.2 Å². The Balaban J connectivity index is 1.47. The van der Waals surface area contributed by atoms with Crippen LogP contribution < -0.4 is 5.32 Å². The summed E-state index contributed by atoms with van der Waals surface area (Å²) < 4.78 is 19.2. The van der Waals surface area contributed by atoms with Gasteiger partial charge in [-0.2, -0.15) is 5.10 Å². The lowest BCUT2D eigenvalue weighted by Gasteiger charge is -2.46. The van der Waals surface area contributed by atoms with Gasteiger partial charge in [-0.3, -0.25) is 14.2 Å². The zero-order valence-electron chi connectivity index (χ0n) is 17.8. The van der Waals surface area contributed by atoms with E-state index in [1.165, 1.54) is 0 Å². The van der Waals surface area contributed by atoms with Crippen molar-refractivity contribution >= 4 is 16.4 Å². The van der Waals surface area contributed by atoms with Crippen molar-refractivity contribution in [3.63, 3.8) is 0 Å². The molecule has 1 saturated heterocycles. The van der Waals surface area contributed by atoms with E-state index in [1.54, 1.807) is 26.2 Å². The average Bonchev–Trinajstić information content (AvgIpc) is 3.33. The summed E-state index contributed by atoms with van der Waals surface area (Å²) in [6.07, 6.45) is 12.7. The molecule has 166 valence electrons. The highest BCUT2D eigenvalue weighted by atomic mass is 32.2. The Bertz CT molecular complexity index is 947. The first-order valence-corrected chi connectivity index (χ1v) is 11.7. The van der Waals surface area contributed by atoms with Crippen molar-refractivity contribution in [2.24, 2.45) is 0 Å². The highest BCUT2D eigenvalue weighted by Gasteiger charge is 2.40. The molecule has 1 fully saturated rings. The minimum absolute atomic E-state index is 0.0575. The van der Waals surface area contributed by atoms with Crippen LogP contribution in [0.4, 0.5) is 0 Å². The highest BCUT2D eigenvalue weighted by molar-refractivity contribution is 7.85. The number of nitrogens with one attached hydrogen (secondary N) is 2. The maximum Gasteiger partial charge on any atom is 0.218 e. The molecular formula is C22H29N5O3S. The van der Waals surface area contributed by atoms with Crippen molar-refractivity contribution < 1.29 is 14.1 Å². The third kappa shape index (κ3) is 5.12. The number of hydrogen-bond donors (Lipinski definition) is 3. The molecule has 8 nitrogen and oxygen atoms in total. The Labute approximate surface area is 184 Å². The molecule has 2 aromatic heterocycles. The van der Waals surface area contributed by atoms with Gasteiger partial charge in [-0.15, -0.1) is 0 Å². The van der Waals surface area contributed by atoms with E-state index in [0.717, 1.165) is 24.0 Å². The Morgan fingerprint density at radius 3 is 2.74 bits per heavy atom. The van der Waals surface area contributed by atoms with Crippen molar-refractivity contribution in [3.05, 3.63) is 60.7 Å². The van der Waals surface area contributed by atoms with Crippen LogP contribution in [0.3, 0.4) is 0 Å². The molecule has 2 atom stereocenters. The van der Waals surface area contributed by atoms with Crippen LogP contribution in [0.1, 0.15) is 32.3 Å². The number of pyridine rings is 1. The molecule has 0 aliphatic carbocycles. The van der Waals surface area contributed by atoms with Crippen LogP contribution in [0.2, 0.25) is 0 Å². The van der Waals surface area contributed by atoms with E-state index in [-0.39, 0.29) is 11.9 Å². The Kier molecular flexibility index (Phi) is 6.38. The molecule has 0 spiro atoms. The van der Waals surface area contributed by atoms with Gasteiger partial charge in [0, 0.05) is 48.1 Å². The summed E-state index contributed by atoms with van der Waals surface area (Å²) in [6.45, 7) is 5.03. The van der Waals surface area contributed by atoms with Crippen LogP contribution in [0.25, 0.3) is 5.57 Å². The van der Waals surface area contributed by atoms with Crippen molar-refractivity contribution in [2.75, 3.05) is 19.7 Å². The molecule has 0 amide bonds. The molecule has 2 aliphatic rings. The molecule has 3 N–H and O–H groups in total. The molecule has 4 heterocycles. The lowest BCUT2D eigenvalue weighted by atomic mass is 10.0. The number of ether oxygens (including phenoxy) is 1. The number of H-pyrrole nitrogens is 1. The topological polar surface area (TPSA) is 103 Å². The lowest BCUT2D eigenvalue weighted by molar-refractivity contribution is -0.173. The fourth-order valence-electron chi connectivity index (χ4n) is 3.77. The predicted octanol–water partition coefficient (Wildman–Crippen LogP) is 2.02. The minimum Gasteiger partial charge on any atom is -0.388 e. The first kappa shape index (κ1) is 21.9. The number of dihydropyridines is 1. The first-order valence-electron chi connectivity index (χ1n) is 10.5. The number of rotatable bonds is 7. The fourth-order valence-corrected chi connectivity index (χ4v) is 5.13. The molecule has 0 aromatic carbocycles. The molecule has 2 aromatic rings. The molecular weight excluding hydrogens is 414 g/mol. The average molecular weight is 444 g/mol. The van der Waals surface area contributed by atoms with Gasteiger partial charge in [-0.05, 0) is 44.9 Å². The van der Waals surface area contributed by atoms with Crippen LogP contribution in [-0.4, -0.2) is 65.8 Å². The van der Waals surface area contributed by atoms with Gasteiger partial charge >= 0.3 is 0 Å². The summed E-state index contributed by atoms with van der Waals surface area (Å²) in [5.41, 5.74) is 1.00. The van der Waals surface area contributed by atoms with Crippen LogP contribution in [-0.2, 0) is 15.5 Å². The zero-order chi connectivity index (χ0) is 21.9. The molecule has 0 bridgehead atoms. The van der Waals surface area contributed by atoms with E-state index in [0.29, 0.717) is 18.1 Å². The summed E-state index contributed by atoms with van der Waals surface area (Å²) in [5, 5.41) is 21.2. The summed E-state index contributed by atoms with van der Waals surface area (Å²) in [5.74, 6) is -0.870. The molecule has 31 heavy (non-hydrogen) atoms. The Hall–Kier alpha value is -2.33. The van der Waals surface area contributed by atoms with E-state index in [4.69, 9.17) is 4.74 Å². The molecule has 9 heteroatoms. The fraction of sp³-hybridized carbons (Fsp3) is 0.455. The highest BCUT2D eigenvalue weighted by Crippen LogP contribution is 2.30. The van der Waals surface area contributed by atoms with E-state index in [2.05, 4.69) is 25.4 Å². The third-order valence-electron chi connectivity index (χ3n) is 5.46. The number of nitrogens with zero attached hydrogens (tertiary/aromatic N) is 3. The van der Waals surface area contributed by atoms with E-state index in [1.807, 2.05) is 42.7 Å². The summed E-state index contributed by atoms with van der Waals surface area (Å²) in [4.78, 5) is 6.46. The van der Waals surface area contributed by atoms with Crippen LogP contribution in [0.15, 0.2) is 60.2 Å². The molecule has 0 saturated carbocycles. The second-order valence-electron chi connectivity index (χ2n) is 8.51. The van der Waals surface area contributed by atoms with Gasteiger partial charge in [0.25, 0.3) is 0 Å². The van der Waals surface area contributed by atoms with Crippen molar-refractivity contribution in [3.8, 4) is 0 Å². The zero-order valence-corrected chi connectivity index (χ0v) is 18.6. The third-order valence-corrected chi connectivity index (χ3v) is 7.19. The van der Waals surface area contributed by atoms with Crippen LogP contribution >= 0.6 is 0 Å². The molecule has 2 unspecified atom stereocenters. The summed E-state index contributed by atoms with van der Waals surface area (Å²) in [7, 11) is -1.13. The normalized spacial score (nSPS) is 23.9. The number of aliphatic hydroxyl groups is 1. The van der Waals surface area contributed by atoms with Gasteiger partial charge in [-0.1, -0.05) is 12.1 Å². The van der Waals surface area contributed by atoms with E-state index < -0.39 is 22.2 Å².